The van der Waals surface area contributed by atoms with E-state index >= 15 is 0 Å². The molecule has 0 aromatic carbocycles. The Bertz CT molecular complexity index is 558. The highest BCUT2D eigenvalue weighted by atomic mass is 16.5. The number of hydrogen-bond acceptors (Lipinski definition) is 4. The summed E-state index contributed by atoms with van der Waals surface area (Å²) in [5.41, 5.74) is 1.29. The van der Waals surface area contributed by atoms with Crippen molar-refractivity contribution in [1.29, 1.82) is 0 Å². The smallest absolute Gasteiger partial charge is 0.272 e. The molecule has 18 heavy (non-hydrogen) atoms. The molecule has 3 rings (SSSR count). The molecule has 0 aliphatic carbocycles. The third kappa shape index (κ3) is 2.06. The van der Waals surface area contributed by atoms with Crippen molar-refractivity contribution < 1.29 is 9.53 Å². The molecule has 1 aliphatic heterocycles. The summed E-state index contributed by atoms with van der Waals surface area (Å²) >= 11 is 0. The summed E-state index contributed by atoms with van der Waals surface area (Å²) in [6.07, 6.45) is 4.23. The van der Waals surface area contributed by atoms with E-state index in [0.29, 0.717) is 18.8 Å². The zero-order valence-electron chi connectivity index (χ0n) is 9.93. The van der Waals surface area contributed by atoms with Crippen LogP contribution in [0.4, 0.5) is 0 Å². The van der Waals surface area contributed by atoms with Gasteiger partial charge in [-0.15, -0.1) is 0 Å². The number of rotatable bonds is 1. The number of pyridine rings is 1. The molecule has 0 spiro atoms. The van der Waals surface area contributed by atoms with Crippen molar-refractivity contribution >= 4 is 16.8 Å². The predicted octanol–water partition coefficient (Wildman–Crippen LogP) is 0.820. The molecule has 2 aromatic heterocycles. The normalized spacial score (nSPS) is 16.8. The van der Waals surface area contributed by atoms with Gasteiger partial charge in [0.05, 0.1) is 18.3 Å². The number of carbonyl (C=O) groups excluding carboxylic acids is 1. The van der Waals surface area contributed by atoms with Gasteiger partial charge in [-0.1, -0.05) is 0 Å². The van der Waals surface area contributed by atoms with E-state index < -0.39 is 0 Å². The number of H-pyrrole nitrogens is 1. The van der Waals surface area contributed by atoms with Crippen LogP contribution in [0.3, 0.4) is 0 Å². The van der Waals surface area contributed by atoms with Gasteiger partial charge in [-0.2, -0.15) is 5.10 Å². The van der Waals surface area contributed by atoms with E-state index in [-0.39, 0.29) is 5.91 Å². The minimum atomic E-state index is -0.0444. The third-order valence-corrected chi connectivity index (χ3v) is 3.05. The predicted molar refractivity (Wildman–Crippen MR) is 65.2 cm³/mol. The van der Waals surface area contributed by atoms with E-state index in [1.165, 1.54) is 0 Å². The summed E-state index contributed by atoms with van der Waals surface area (Å²) in [5.74, 6) is -0.0444. The first-order valence-corrected chi connectivity index (χ1v) is 6.01. The van der Waals surface area contributed by atoms with E-state index in [0.717, 1.165) is 30.5 Å². The van der Waals surface area contributed by atoms with E-state index in [4.69, 9.17) is 4.74 Å². The monoisotopic (exact) mass is 246 g/mol. The highest BCUT2D eigenvalue weighted by Crippen LogP contribution is 2.12. The minimum absolute atomic E-state index is 0.0444. The maximum Gasteiger partial charge on any atom is 0.272 e. The second kappa shape index (κ2) is 4.73. The molecule has 0 radical (unpaired) electrons. The largest absolute Gasteiger partial charge is 0.380 e. The van der Waals surface area contributed by atoms with Gasteiger partial charge in [0.1, 0.15) is 5.69 Å². The molecule has 1 aliphatic rings. The van der Waals surface area contributed by atoms with Crippen molar-refractivity contribution in [3.63, 3.8) is 0 Å². The van der Waals surface area contributed by atoms with Crippen molar-refractivity contribution in [3.8, 4) is 0 Å². The first kappa shape index (κ1) is 11.2. The lowest BCUT2D eigenvalue weighted by atomic mass is 10.2. The number of fused-ring (bicyclic) bond motifs is 1. The number of nitrogens with zero attached hydrogens (tertiary/aromatic N) is 3. The summed E-state index contributed by atoms with van der Waals surface area (Å²) in [5, 5.41) is 7.67. The molecule has 0 unspecified atom stereocenters. The quantitative estimate of drug-likeness (QED) is 0.808. The Morgan fingerprint density at radius 3 is 3.22 bits per heavy atom. The molecule has 1 amide bonds. The second-order valence-electron chi connectivity index (χ2n) is 4.28. The number of aromatic amines is 1. The highest BCUT2D eigenvalue weighted by molar-refractivity contribution is 5.95. The van der Waals surface area contributed by atoms with Crippen LogP contribution in [-0.2, 0) is 4.74 Å². The Kier molecular flexibility index (Phi) is 2.93. The van der Waals surface area contributed by atoms with Gasteiger partial charge in [-0.25, -0.2) is 0 Å². The van der Waals surface area contributed by atoms with Crippen LogP contribution in [0.15, 0.2) is 18.5 Å². The van der Waals surface area contributed by atoms with E-state index in [2.05, 4.69) is 15.2 Å². The molecular formula is C12H14N4O2. The van der Waals surface area contributed by atoms with Crippen LogP contribution >= 0.6 is 0 Å². The molecular weight excluding hydrogens is 232 g/mol. The van der Waals surface area contributed by atoms with Gasteiger partial charge in [0.15, 0.2) is 0 Å². The van der Waals surface area contributed by atoms with Gasteiger partial charge >= 0.3 is 0 Å². The number of aromatic nitrogens is 3. The van der Waals surface area contributed by atoms with Crippen LogP contribution in [0.25, 0.3) is 10.9 Å². The van der Waals surface area contributed by atoms with Gasteiger partial charge in [0, 0.05) is 31.3 Å². The van der Waals surface area contributed by atoms with Crippen LogP contribution in [0.5, 0.6) is 0 Å². The highest BCUT2D eigenvalue weighted by Gasteiger charge is 2.18. The maximum absolute atomic E-state index is 12.3. The molecule has 0 bridgehead atoms. The van der Waals surface area contributed by atoms with Crippen molar-refractivity contribution in [1.82, 2.24) is 20.1 Å². The lowest BCUT2D eigenvalue weighted by molar-refractivity contribution is 0.0736. The summed E-state index contributed by atoms with van der Waals surface area (Å²) in [6, 6.07) is 1.75. The fourth-order valence-corrected chi connectivity index (χ4v) is 2.07. The molecule has 2 aromatic rings. The third-order valence-electron chi connectivity index (χ3n) is 3.05. The Labute approximate surface area is 104 Å². The van der Waals surface area contributed by atoms with Crippen molar-refractivity contribution in [2.75, 3.05) is 26.3 Å². The zero-order valence-corrected chi connectivity index (χ0v) is 9.93. The first-order valence-electron chi connectivity index (χ1n) is 6.01. The minimum Gasteiger partial charge on any atom is -0.380 e. The lowest BCUT2D eigenvalue weighted by Gasteiger charge is -2.18. The molecule has 94 valence electrons. The standard InChI is InChI=1S/C12H14N4O2/c17-12(16-2-1-4-18-5-3-16)11-6-10-9(7-13-11)8-14-15-10/h6-8H,1-5H2,(H,14,15). The van der Waals surface area contributed by atoms with Gasteiger partial charge in [-0.3, -0.25) is 14.9 Å². The number of hydrogen-bond donors (Lipinski definition) is 1. The molecule has 1 N–H and O–H groups in total. The van der Waals surface area contributed by atoms with Gasteiger partial charge in [0.2, 0.25) is 0 Å². The molecule has 0 atom stereocenters. The molecule has 6 heteroatoms. The topological polar surface area (TPSA) is 71.1 Å². The van der Waals surface area contributed by atoms with E-state index in [9.17, 15) is 4.79 Å². The summed E-state index contributed by atoms with van der Waals surface area (Å²) in [4.78, 5) is 18.3. The van der Waals surface area contributed by atoms with Crippen LogP contribution in [0, 0.1) is 0 Å². The second-order valence-corrected chi connectivity index (χ2v) is 4.28. The Hall–Kier alpha value is -1.95. The Morgan fingerprint density at radius 1 is 1.33 bits per heavy atom. The summed E-state index contributed by atoms with van der Waals surface area (Å²) in [7, 11) is 0. The number of nitrogens with one attached hydrogen (secondary N) is 1. The molecule has 0 saturated carbocycles. The molecule has 1 fully saturated rings. The average Bonchev–Trinajstić information content (AvgIpc) is 2.69. The maximum atomic E-state index is 12.3. The van der Waals surface area contributed by atoms with Crippen LogP contribution in [0.1, 0.15) is 16.9 Å². The van der Waals surface area contributed by atoms with Crippen molar-refractivity contribution in [2.24, 2.45) is 0 Å². The zero-order chi connectivity index (χ0) is 12.4. The first-order chi connectivity index (χ1) is 8.84. The number of carbonyl (C=O) groups is 1. The van der Waals surface area contributed by atoms with Gasteiger partial charge in [0.25, 0.3) is 5.91 Å². The summed E-state index contributed by atoms with van der Waals surface area (Å²) < 4.78 is 5.34. The Morgan fingerprint density at radius 2 is 2.28 bits per heavy atom. The lowest BCUT2D eigenvalue weighted by Crippen LogP contribution is -2.33. The van der Waals surface area contributed by atoms with Crippen LogP contribution in [0.2, 0.25) is 0 Å². The molecule has 6 nitrogen and oxygen atoms in total. The van der Waals surface area contributed by atoms with E-state index in [1.54, 1.807) is 23.4 Å². The van der Waals surface area contributed by atoms with Gasteiger partial charge < -0.3 is 9.64 Å². The average molecular weight is 246 g/mol. The fraction of sp³-hybridized carbons (Fsp3) is 0.417. The van der Waals surface area contributed by atoms with Crippen molar-refractivity contribution in [3.05, 3.63) is 24.2 Å². The van der Waals surface area contributed by atoms with Crippen molar-refractivity contribution in [2.45, 2.75) is 6.42 Å². The Balaban J connectivity index is 1.85. The SMILES string of the molecule is O=C(c1cc2[nH]ncc2cn1)N1CCCOCC1. The van der Waals surface area contributed by atoms with E-state index in [1.807, 2.05) is 0 Å². The van der Waals surface area contributed by atoms with Gasteiger partial charge in [-0.05, 0) is 12.5 Å². The number of ether oxygens (including phenoxy) is 1. The number of amides is 1. The fourth-order valence-electron chi connectivity index (χ4n) is 2.07. The van der Waals surface area contributed by atoms with Crippen LogP contribution in [-0.4, -0.2) is 52.3 Å². The molecule has 3 heterocycles. The van der Waals surface area contributed by atoms with Crippen LogP contribution < -0.4 is 0 Å². The molecule has 1 saturated heterocycles. The summed E-state index contributed by atoms with van der Waals surface area (Å²) in [6.45, 7) is 2.66.